The van der Waals surface area contributed by atoms with Crippen molar-refractivity contribution >= 4 is 163 Å². The van der Waals surface area contributed by atoms with Crippen LogP contribution in [0.4, 0.5) is 0 Å². The molecule has 0 amide bonds. The molecule has 0 fully saturated rings. The molecule has 2 N–H and O–H groups in total. The maximum Gasteiger partial charge on any atom is 0.124 e. The quantitative estimate of drug-likeness (QED) is 0.141. The van der Waals surface area contributed by atoms with Gasteiger partial charge in [0.25, 0.3) is 0 Å². The van der Waals surface area contributed by atoms with Crippen molar-refractivity contribution in [1.82, 2.24) is 0 Å². The molecule has 0 saturated heterocycles. The van der Waals surface area contributed by atoms with E-state index in [0.717, 1.165) is 43.3 Å². The fraction of sp³-hybridized carbons (Fsp3) is 0.0741. The summed E-state index contributed by atoms with van der Waals surface area (Å²) in [5.41, 5.74) is 22.2. The number of phenols is 2. The molecular formula is C108H82Br2Cl2O2. The largest absolute Gasteiger partial charge is 0.507 e. The van der Waals surface area contributed by atoms with E-state index < -0.39 is 0 Å². The molecule has 0 aliphatic rings. The summed E-state index contributed by atoms with van der Waals surface area (Å²) in [7, 11) is 0. The lowest BCUT2D eigenvalue weighted by atomic mass is 9.88. The Hall–Kier alpha value is -11.9. The average molecular weight is 1640 g/mol. The normalized spacial score (nSPS) is 11.2. The molecule has 0 aliphatic carbocycles. The van der Waals surface area contributed by atoms with Crippen LogP contribution in [-0.2, 0) is 22.4 Å². The summed E-state index contributed by atoms with van der Waals surface area (Å²) in [6.45, 7) is 8.85. The summed E-state index contributed by atoms with van der Waals surface area (Å²) < 4.78 is 0. The summed E-state index contributed by atoms with van der Waals surface area (Å²) in [5.74, 6) is 1.30. The second kappa shape index (κ2) is 34.2. The molecule has 0 aromatic heterocycles. The van der Waals surface area contributed by atoms with Crippen LogP contribution in [-0.4, -0.2) is 10.2 Å². The zero-order valence-electron chi connectivity index (χ0n) is 63.9. The van der Waals surface area contributed by atoms with Crippen LogP contribution < -0.4 is 0 Å². The molecule has 0 saturated carbocycles. The van der Waals surface area contributed by atoms with Crippen LogP contribution in [0.1, 0.15) is 44.5 Å². The van der Waals surface area contributed by atoms with E-state index >= 15 is 0 Å². The molecule has 6 heteroatoms. The number of hydrogen-bond acceptors (Lipinski definition) is 2. The van der Waals surface area contributed by atoms with Crippen LogP contribution in [0, 0.1) is 27.7 Å². The van der Waals surface area contributed by atoms with E-state index in [2.05, 4.69) is 351 Å². The number of halogens is 4. The lowest BCUT2D eigenvalue weighted by Crippen LogP contribution is -1.94. The summed E-state index contributed by atoms with van der Waals surface area (Å²) in [5, 5.41) is 47.1. The van der Waals surface area contributed by atoms with Crippen LogP contribution in [0.25, 0.3) is 163 Å². The number of aryl methyl sites for hydroxylation is 4. The Labute approximate surface area is 693 Å². The minimum atomic E-state index is 0.172. The summed E-state index contributed by atoms with van der Waals surface area (Å²) in [6.07, 6.45) is 0. The SMILES string of the molecule is BrCc1ccc2ccccc2c1-c1c(CBr)ccc2ccccc12.Cc1ccc2ccccc2c1-c1c(C)ccc2ccccc12.Cc1ccc2ccccc2c1-c1c(C)ccc2ccccc12.ClCc1ccc2ccccc2c1-c1c(CCl)ccc2ccccc12.Oc1ccc2ccccc2c1-c1c(O)ccc2ccccc12. The van der Waals surface area contributed by atoms with Gasteiger partial charge in [0, 0.05) is 33.5 Å². The van der Waals surface area contributed by atoms with Crippen LogP contribution in [0.2, 0.25) is 0 Å². The van der Waals surface area contributed by atoms with Crippen molar-refractivity contribution in [2.24, 2.45) is 0 Å². The average Bonchev–Trinajstić information content (AvgIpc) is 0.756. The molecule has 0 atom stereocenters. The van der Waals surface area contributed by atoms with Gasteiger partial charge in [0.05, 0.1) is 0 Å². The standard InChI is InChI=1S/C22H16Br2.C22H16Cl2.2C22H18.C20H14O2/c2*23-13-17-11-9-15-5-1-3-7-19(15)21(17)22-18(14-24)12-10-16-6-2-4-8-20(16)22;2*1-15-11-13-17-7-3-5-9-19(17)21(15)22-16(2)12-14-18-8-4-6-10-20(18)22;21-17-11-9-13-5-1-3-7-15(13)19(17)20-16-8-4-2-6-14(16)10-12-18(20)22/h2*1-12H,13-14H2;2*3-14H,1-2H3;1-12,21-22H. The molecule has 20 aromatic rings. The van der Waals surface area contributed by atoms with Crippen molar-refractivity contribution in [2.45, 2.75) is 50.1 Å². The molecule has 0 bridgehead atoms. The van der Waals surface area contributed by atoms with Gasteiger partial charge in [-0.05, 0) is 237 Å². The minimum absolute atomic E-state index is 0.172. The molecule has 554 valence electrons. The monoisotopic (exact) mass is 1640 g/mol. The first-order valence-electron chi connectivity index (χ1n) is 38.6. The zero-order chi connectivity index (χ0) is 78.3. The van der Waals surface area contributed by atoms with Crippen molar-refractivity contribution in [3.05, 3.63) is 408 Å². The molecule has 20 aromatic carbocycles. The third-order valence-corrected chi connectivity index (χ3v) is 24.0. The first kappa shape index (κ1) is 76.1. The minimum Gasteiger partial charge on any atom is -0.507 e. The Morgan fingerprint density at radius 2 is 0.342 bits per heavy atom. The summed E-state index contributed by atoms with van der Waals surface area (Å²) in [4.78, 5) is 0. The number of rotatable bonds is 9. The van der Waals surface area contributed by atoms with Gasteiger partial charge < -0.3 is 10.2 Å². The Kier molecular flexibility index (Phi) is 22.9. The van der Waals surface area contributed by atoms with E-state index in [1.165, 1.54) is 164 Å². The maximum absolute atomic E-state index is 10.4. The number of benzene rings is 20. The van der Waals surface area contributed by atoms with Crippen molar-refractivity contribution < 1.29 is 10.2 Å². The highest BCUT2D eigenvalue weighted by Gasteiger charge is 2.21. The van der Waals surface area contributed by atoms with Crippen LogP contribution >= 0.6 is 55.1 Å². The number of aromatic hydroxyl groups is 2. The molecular weight excluding hydrogens is 1560 g/mol. The Bertz CT molecular complexity index is 6040. The fourth-order valence-corrected chi connectivity index (χ4v) is 18.2. The molecule has 0 spiro atoms. The Morgan fingerprint density at radius 1 is 0.184 bits per heavy atom. The van der Waals surface area contributed by atoms with Gasteiger partial charge in [-0.15, -0.1) is 23.2 Å². The van der Waals surface area contributed by atoms with Crippen molar-refractivity contribution in [3.63, 3.8) is 0 Å². The predicted octanol–water partition coefficient (Wildman–Crippen LogP) is 32.2. The van der Waals surface area contributed by atoms with Crippen molar-refractivity contribution in [1.29, 1.82) is 0 Å². The topological polar surface area (TPSA) is 40.5 Å². The molecule has 20 rings (SSSR count). The van der Waals surface area contributed by atoms with E-state index in [1.54, 1.807) is 12.1 Å². The van der Waals surface area contributed by atoms with Crippen LogP contribution in [0.3, 0.4) is 0 Å². The van der Waals surface area contributed by atoms with Crippen molar-refractivity contribution in [2.75, 3.05) is 0 Å². The van der Waals surface area contributed by atoms with Gasteiger partial charge >= 0.3 is 0 Å². The van der Waals surface area contributed by atoms with Gasteiger partial charge in [-0.1, -0.05) is 384 Å². The molecule has 2 nitrogen and oxygen atoms in total. The number of alkyl halides is 4. The lowest BCUT2D eigenvalue weighted by Gasteiger charge is -2.17. The van der Waals surface area contributed by atoms with Gasteiger partial charge in [-0.3, -0.25) is 0 Å². The highest BCUT2D eigenvalue weighted by Crippen LogP contribution is 2.47. The molecule has 0 aliphatic heterocycles. The van der Waals surface area contributed by atoms with Gasteiger partial charge in [0.1, 0.15) is 11.5 Å². The van der Waals surface area contributed by atoms with Gasteiger partial charge in [-0.25, -0.2) is 0 Å². The van der Waals surface area contributed by atoms with Gasteiger partial charge in [-0.2, -0.15) is 0 Å². The number of fused-ring (bicyclic) bond motifs is 10. The van der Waals surface area contributed by atoms with E-state index in [-0.39, 0.29) is 11.5 Å². The fourth-order valence-electron chi connectivity index (χ4n) is 16.8. The van der Waals surface area contributed by atoms with Crippen LogP contribution in [0.15, 0.2) is 364 Å². The molecule has 0 unspecified atom stereocenters. The van der Waals surface area contributed by atoms with Gasteiger partial charge in [0.15, 0.2) is 0 Å². The third-order valence-electron chi connectivity index (χ3n) is 22.3. The van der Waals surface area contributed by atoms with E-state index in [0.29, 0.717) is 22.9 Å². The molecule has 0 heterocycles. The lowest BCUT2D eigenvalue weighted by molar-refractivity contribution is 0.470. The zero-order valence-corrected chi connectivity index (χ0v) is 68.6. The molecule has 114 heavy (non-hydrogen) atoms. The highest BCUT2D eigenvalue weighted by molar-refractivity contribution is 9.08. The second-order valence-corrected chi connectivity index (χ2v) is 30.7. The summed E-state index contributed by atoms with van der Waals surface area (Å²) >= 11 is 20.0. The molecule has 0 radical (unpaired) electrons. The predicted molar refractivity (Wildman–Crippen MR) is 501 cm³/mol. The van der Waals surface area contributed by atoms with E-state index in [1.807, 2.05) is 60.7 Å². The van der Waals surface area contributed by atoms with Gasteiger partial charge in [0.2, 0.25) is 0 Å². The third kappa shape index (κ3) is 15.0. The van der Waals surface area contributed by atoms with Crippen molar-refractivity contribution in [3.8, 4) is 67.1 Å². The number of phenolic OH excluding ortho intramolecular Hbond substituents is 2. The summed E-state index contributed by atoms with van der Waals surface area (Å²) in [6, 6.07) is 127. The van der Waals surface area contributed by atoms with E-state index in [9.17, 15) is 10.2 Å². The maximum atomic E-state index is 10.4. The first-order valence-corrected chi connectivity index (χ1v) is 41.9. The number of hydrogen-bond donors (Lipinski definition) is 2. The second-order valence-electron chi connectivity index (χ2n) is 29.1. The smallest absolute Gasteiger partial charge is 0.124 e. The Morgan fingerprint density at radius 3 is 0.544 bits per heavy atom. The first-order chi connectivity index (χ1) is 55.9. The Balaban J connectivity index is 0.000000107. The van der Waals surface area contributed by atoms with E-state index in [4.69, 9.17) is 23.2 Å². The highest BCUT2D eigenvalue weighted by atomic mass is 79.9. The van der Waals surface area contributed by atoms with Crippen LogP contribution in [0.5, 0.6) is 11.5 Å².